The number of carbonyl (C=O) groups is 1. The zero-order valence-electron chi connectivity index (χ0n) is 13.0. The van der Waals surface area contributed by atoms with Crippen molar-refractivity contribution in [2.24, 2.45) is 0 Å². The number of rotatable bonds is 4. The van der Waals surface area contributed by atoms with Crippen molar-refractivity contribution >= 4 is 34.6 Å². The molecule has 1 fully saturated rings. The van der Waals surface area contributed by atoms with Crippen molar-refractivity contribution < 1.29 is 9.21 Å². The van der Waals surface area contributed by atoms with E-state index in [9.17, 15) is 4.79 Å². The van der Waals surface area contributed by atoms with Crippen LogP contribution in [0.25, 0.3) is 0 Å². The first-order valence-corrected chi connectivity index (χ1v) is 8.02. The Hall–Kier alpha value is -2.34. The molecule has 1 aromatic carbocycles. The molecule has 2 N–H and O–H groups in total. The third kappa shape index (κ3) is 3.71. The topological polar surface area (TPSA) is 57.5 Å². The Morgan fingerprint density at radius 1 is 1.39 bits per heavy atom. The number of hydrogen-bond donors (Lipinski definition) is 2. The summed E-state index contributed by atoms with van der Waals surface area (Å²) in [6.45, 7) is 3.32. The molecule has 0 atom stereocenters. The first kappa shape index (κ1) is 15.6. The van der Waals surface area contributed by atoms with Crippen LogP contribution in [0, 0.1) is 6.92 Å². The first-order valence-electron chi connectivity index (χ1n) is 7.62. The zero-order valence-corrected chi connectivity index (χ0v) is 13.8. The number of thiocarbonyl (C=S) groups is 1. The molecule has 1 saturated heterocycles. The van der Waals surface area contributed by atoms with Gasteiger partial charge in [-0.1, -0.05) is 6.07 Å². The molecule has 1 aliphatic rings. The number of carbonyl (C=O) groups excluding carboxylic acids is 1. The van der Waals surface area contributed by atoms with Crippen LogP contribution < -0.4 is 15.5 Å². The van der Waals surface area contributed by atoms with Gasteiger partial charge in [-0.2, -0.15) is 0 Å². The molecule has 0 bridgehead atoms. The van der Waals surface area contributed by atoms with Crippen molar-refractivity contribution in [3.63, 3.8) is 0 Å². The number of anilines is 2. The fourth-order valence-corrected chi connectivity index (χ4v) is 2.83. The molecular weight excluding hydrogens is 310 g/mol. The molecule has 5 nitrogen and oxygen atoms in total. The maximum absolute atomic E-state index is 12.0. The van der Waals surface area contributed by atoms with Gasteiger partial charge in [0.15, 0.2) is 5.11 Å². The van der Waals surface area contributed by atoms with Gasteiger partial charge in [-0.3, -0.25) is 4.79 Å². The van der Waals surface area contributed by atoms with Gasteiger partial charge in [-0.05, 0) is 55.4 Å². The van der Waals surface area contributed by atoms with Gasteiger partial charge >= 0.3 is 0 Å². The van der Waals surface area contributed by atoms with Crippen LogP contribution in [0.5, 0.6) is 0 Å². The van der Waals surface area contributed by atoms with Gasteiger partial charge in [-0.25, -0.2) is 0 Å². The third-order valence-corrected chi connectivity index (χ3v) is 4.08. The summed E-state index contributed by atoms with van der Waals surface area (Å²) in [5.74, 6) is 1.00. The summed E-state index contributed by atoms with van der Waals surface area (Å²) >= 11 is 5.30. The van der Waals surface area contributed by atoms with Crippen LogP contribution in [0.3, 0.4) is 0 Å². The second-order valence-electron chi connectivity index (χ2n) is 5.54. The summed E-state index contributed by atoms with van der Waals surface area (Å²) in [5.41, 5.74) is 2.90. The van der Waals surface area contributed by atoms with Gasteiger partial charge in [-0.15, -0.1) is 0 Å². The first-order chi connectivity index (χ1) is 11.1. The number of nitrogens with zero attached hydrogens (tertiary/aromatic N) is 1. The molecular formula is C17H19N3O2S. The van der Waals surface area contributed by atoms with E-state index in [1.807, 2.05) is 42.2 Å². The quantitative estimate of drug-likeness (QED) is 0.844. The number of benzene rings is 1. The Morgan fingerprint density at radius 3 is 2.96 bits per heavy atom. The van der Waals surface area contributed by atoms with Crippen LogP contribution in [0.2, 0.25) is 0 Å². The van der Waals surface area contributed by atoms with Gasteiger partial charge in [0, 0.05) is 24.3 Å². The molecule has 0 radical (unpaired) electrons. The van der Waals surface area contributed by atoms with Crippen molar-refractivity contribution in [2.45, 2.75) is 26.3 Å². The van der Waals surface area contributed by atoms with Crippen LogP contribution in [0.4, 0.5) is 11.4 Å². The summed E-state index contributed by atoms with van der Waals surface area (Å²) in [4.78, 5) is 13.8. The van der Waals surface area contributed by atoms with Crippen molar-refractivity contribution in [3.05, 3.63) is 47.9 Å². The maximum atomic E-state index is 12.0. The monoisotopic (exact) mass is 329 g/mol. The lowest BCUT2D eigenvalue weighted by Crippen LogP contribution is -2.28. The average molecular weight is 329 g/mol. The molecule has 0 saturated carbocycles. The van der Waals surface area contributed by atoms with Crippen molar-refractivity contribution in [2.75, 3.05) is 16.8 Å². The van der Waals surface area contributed by atoms with Gasteiger partial charge in [0.25, 0.3) is 0 Å². The summed E-state index contributed by atoms with van der Waals surface area (Å²) in [5, 5.41) is 6.76. The van der Waals surface area contributed by atoms with Crippen molar-refractivity contribution in [1.29, 1.82) is 0 Å². The molecule has 120 valence electrons. The molecule has 0 unspecified atom stereocenters. The summed E-state index contributed by atoms with van der Waals surface area (Å²) in [6.07, 6.45) is 3.17. The van der Waals surface area contributed by atoms with E-state index in [0.29, 0.717) is 18.1 Å². The van der Waals surface area contributed by atoms with E-state index in [1.54, 1.807) is 6.26 Å². The molecule has 2 aromatic rings. The second kappa shape index (κ2) is 6.83. The van der Waals surface area contributed by atoms with Gasteiger partial charge in [0.05, 0.1) is 12.8 Å². The van der Waals surface area contributed by atoms with Crippen LogP contribution in [0.15, 0.2) is 41.0 Å². The highest BCUT2D eigenvalue weighted by Gasteiger charge is 2.23. The zero-order chi connectivity index (χ0) is 16.2. The number of aryl methyl sites for hydroxylation is 1. The van der Waals surface area contributed by atoms with E-state index in [4.69, 9.17) is 16.6 Å². The molecule has 3 rings (SSSR count). The highest BCUT2D eigenvalue weighted by molar-refractivity contribution is 7.80. The summed E-state index contributed by atoms with van der Waals surface area (Å²) in [6, 6.07) is 9.66. The van der Waals surface area contributed by atoms with Crippen molar-refractivity contribution in [1.82, 2.24) is 5.32 Å². The number of furan rings is 1. The smallest absolute Gasteiger partial charge is 0.227 e. The minimum absolute atomic E-state index is 0.184. The molecule has 1 aliphatic heterocycles. The average Bonchev–Trinajstić information content (AvgIpc) is 3.19. The normalized spacial score (nSPS) is 14.1. The van der Waals surface area contributed by atoms with Crippen molar-refractivity contribution in [3.8, 4) is 0 Å². The Kier molecular flexibility index (Phi) is 4.62. The molecule has 1 aromatic heterocycles. The lowest BCUT2D eigenvalue weighted by atomic mass is 10.1. The fraction of sp³-hybridized carbons (Fsp3) is 0.294. The third-order valence-electron chi connectivity index (χ3n) is 3.83. The minimum atomic E-state index is 0.184. The molecule has 6 heteroatoms. The Labute approximate surface area is 140 Å². The molecule has 0 spiro atoms. The maximum Gasteiger partial charge on any atom is 0.227 e. The van der Waals surface area contributed by atoms with Gasteiger partial charge in [0.2, 0.25) is 5.91 Å². The predicted molar refractivity (Wildman–Crippen MR) is 94.5 cm³/mol. The molecule has 0 aliphatic carbocycles. The van der Waals surface area contributed by atoms with E-state index in [-0.39, 0.29) is 5.91 Å². The van der Waals surface area contributed by atoms with E-state index in [2.05, 4.69) is 10.6 Å². The van der Waals surface area contributed by atoms with E-state index >= 15 is 0 Å². The molecule has 1 amide bonds. The Bertz CT molecular complexity index is 713. The van der Waals surface area contributed by atoms with Gasteiger partial charge < -0.3 is 20.0 Å². The van der Waals surface area contributed by atoms with Crippen LogP contribution in [-0.4, -0.2) is 17.6 Å². The standard InChI is InChI=1S/C17H19N3O2S/c1-12-6-7-13(10-15(12)20-8-2-5-16(20)21)19-17(23)18-11-14-4-3-9-22-14/h3-4,6-7,9-10H,2,5,8,11H2,1H3,(H2,18,19,23). The van der Waals surface area contributed by atoms with Crippen LogP contribution in [-0.2, 0) is 11.3 Å². The highest BCUT2D eigenvalue weighted by Crippen LogP contribution is 2.28. The Morgan fingerprint density at radius 2 is 2.26 bits per heavy atom. The second-order valence-corrected chi connectivity index (χ2v) is 5.95. The van der Waals surface area contributed by atoms with Crippen LogP contribution >= 0.6 is 12.2 Å². The lowest BCUT2D eigenvalue weighted by Gasteiger charge is -2.20. The Balaban J connectivity index is 1.65. The number of amides is 1. The number of nitrogens with one attached hydrogen (secondary N) is 2. The summed E-state index contributed by atoms with van der Waals surface area (Å²) in [7, 11) is 0. The minimum Gasteiger partial charge on any atom is -0.467 e. The number of hydrogen-bond acceptors (Lipinski definition) is 3. The molecule has 2 heterocycles. The van der Waals surface area contributed by atoms with Gasteiger partial charge in [0.1, 0.15) is 5.76 Å². The van der Waals surface area contributed by atoms with Crippen LogP contribution in [0.1, 0.15) is 24.2 Å². The van der Waals surface area contributed by atoms with E-state index in [1.165, 1.54) is 0 Å². The lowest BCUT2D eigenvalue weighted by molar-refractivity contribution is -0.117. The molecule has 23 heavy (non-hydrogen) atoms. The van der Waals surface area contributed by atoms with E-state index < -0.39 is 0 Å². The SMILES string of the molecule is Cc1ccc(NC(=S)NCc2ccco2)cc1N1CCCC1=O. The van der Waals surface area contributed by atoms with E-state index in [0.717, 1.165) is 35.7 Å². The highest BCUT2D eigenvalue weighted by atomic mass is 32.1. The summed E-state index contributed by atoms with van der Waals surface area (Å²) < 4.78 is 5.25. The largest absolute Gasteiger partial charge is 0.467 e. The predicted octanol–water partition coefficient (Wildman–Crippen LogP) is 3.20. The fourth-order valence-electron chi connectivity index (χ4n) is 2.64.